The number of rotatable bonds is 7. The largest absolute Gasteiger partial charge is 0.484 e. The van der Waals surface area contributed by atoms with E-state index in [1.807, 2.05) is 30.3 Å². The van der Waals surface area contributed by atoms with Gasteiger partial charge >= 0.3 is 0 Å². The van der Waals surface area contributed by atoms with Gasteiger partial charge in [-0.2, -0.15) is 0 Å². The van der Waals surface area contributed by atoms with Crippen LogP contribution in [-0.4, -0.2) is 29.0 Å². The predicted octanol–water partition coefficient (Wildman–Crippen LogP) is 3.47. The predicted molar refractivity (Wildman–Crippen MR) is 97.7 cm³/mol. The van der Waals surface area contributed by atoms with E-state index in [4.69, 9.17) is 16.3 Å². The molecule has 0 spiro atoms. The smallest absolute Gasteiger partial charge is 0.257 e. The van der Waals surface area contributed by atoms with Crippen LogP contribution in [0.4, 0.5) is 0 Å². The van der Waals surface area contributed by atoms with Crippen LogP contribution >= 0.6 is 11.6 Å². The van der Waals surface area contributed by atoms with Crippen LogP contribution in [0.2, 0.25) is 5.02 Å². The van der Waals surface area contributed by atoms with Crippen molar-refractivity contribution in [3.8, 4) is 17.1 Å². The van der Waals surface area contributed by atoms with Crippen molar-refractivity contribution in [1.29, 1.82) is 0 Å². The maximum absolute atomic E-state index is 11.8. The summed E-state index contributed by atoms with van der Waals surface area (Å²) in [6, 6.07) is 16.8. The van der Waals surface area contributed by atoms with E-state index in [1.54, 1.807) is 30.5 Å². The van der Waals surface area contributed by atoms with E-state index in [1.165, 1.54) is 0 Å². The molecule has 0 saturated heterocycles. The fraction of sp³-hybridized carbons (Fsp3) is 0.158. The number of carbonyl (C=O) groups is 1. The lowest BCUT2D eigenvalue weighted by molar-refractivity contribution is -0.123. The number of imidazole rings is 1. The molecule has 1 amide bonds. The Morgan fingerprint density at radius 3 is 2.64 bits per heavy atom. The van der Waals surface area contributed by atoms with E-state index in [9.17, 15) is 4.79 Å². The highest BCUT2D eigenvalue weighted by molar-refractivity contribution is 6.30. The normalized spacial score (nSPS) is 10.4. The third-order valence-electron chi connectivity index (χ3n) is 3.58. The summed E-state index contributed by atoms with van der Waals surface area (Å²) in [6.07, 6.45) is 2.46. The zero-order chi connectivity index (χ0) is 17.5. The highest BCUT2D eigenvalue weighted by atomic mass is 35.5. The van der Waals surface area contributed by atoms with Gasteiger partial charge in [-0.1, -0.05) is 41.9 Å². The molecule has 1 heterocycles. The lowest BCUT2D eigenvalue weighted by atomic mass is 10.2. The molecule has 25 heavy (non-hydrogen) atoms. The number of aromatic nitrogens is 2. The van der Waals surface area contributed by atoms with E-state index in [2.05, 4.69) is 15.3 Å². The molecule has 0 saturated carbocycles. The lowest BCUT2D eigenvalue weighted by Crippen LogP contribution is -2.30. The second-order valence-corrected chi connectivity index (χ2v) is 5.90. The van der Waals surface area contributed by atoms with E-state index < -0.39 is 0 Å². The lowest BCUT2D eigenvalue weighted by Gasteiger charge is -2.07. The van der Waals surface area contributed by atoms with Gasteiger partial charge in [0.15, 0.2) is 6.61 Å². The van der Waals surface area contributed by atoms with Gasteiger partial charge in [0.25, 0.3) is 5.91 Å². The standard InChI is InChI=1S/C19H18ClN3O2/c20-15-6-8-17(9-7-15)25-13-18(24)21-11-10-16-12-22-19(23-16)14-4-2-1-3-5-14/h1-9,12H,10-11,13H2,(H,21,24)(H,22,23). The van der Waals surface area contributed by atoms with Crippen LogP contribution in [0.25, 0.3) is 11.4 Å². The van der Waals surface area contributed by atoms with Gasteiger partial charge < -0.3 is 15.0 Å². The van der Waals surface area contributed by atoms with Crippen LogP contribution in [-0.2, 0) is 11.2 Å². The number of H-pyrrole nitrogens is 1. The highest BCUT2D eigenvalue weighted by Gasteiger charge is 2.05. The third kappa shape index (κ3) is 5.09. The summed E-state index contributed by atoms with van der Waals surface area (Å²) in [6.45, 7) is 0.485. The second kappa shape index (κ2) is 8.35. The van der Waals surface area contributed by atoms with Crippen molar-refractivity contribution in [3.63, 3.8) is 0 Å². The van der Waals surface area contributed by atoms with Gasteiger partial charge in [0.2, 0.25) is 0 Å². The number of nitrogens with zero attached hydrogens (tertiary/aromatic N) is 1. The van der Waals surface area contributed by atoms with E-state index >= 15 is 0 Å². The van der Waals surface area contributed by atoms with Crippen LogP contribution < -0.4 is 10.1 Å². The van der Waals surface area contributed by atoms with Gasteiger partial charge in [0.05, 0.1) is 0 Å². The molecular weight excluding hydrogens is 338 g/mol. The first-order valence-electron chi connectivity index (χ1n) is 7.95. The molecule has 0 aliphatic carbocycles. The molecule has 0 bridgehead atoms. The highest BCUT2D eigenvalue weighted by Crippen LogP contribution is 2.16. The summed E-state index contributed by atoms with van der Waals surface area (Å²) in [4.78, 5) is 19.4. The number of benzene rings is 2. The summed E-state index contributed by atoms with van der Waals surface area (Å²) in [5.74, 6) is 1.27. The van der Waals surface area contributed by atoms with Crippen LogP contribution in [0, 0.1) is 0 Å². The van der Waals surface area contributed by atoms with Gasteiger partial charge in [-0.3, -0.25) is 4.79 Å². The summed E-state index contributed by atoms with van der Waals surface area (Å²) in [7, 11) is 0. The molecule has 0 aliphatic rings. The van der Waals surface area contributed by atoms with E-state index in [0.29, 0.717) is 23.7 Å². The van der Waals surface area contributed by atoms with Gasteiger partial charge in [0.1, 0.15) is 11.6 Å². The van der Waals surface area contributed by atoms with Crippen molar-refractivity contribution < 1.29 is 9.53 Å². The Morgan fingerprint density at radius 1 is 1.12 bits per heavy atom. The minimum Gasteiger partial charge on any atom is -0.484 e. The molecular formula is C19H18ClN3O2. The molecule has 0 fully saturated rings. The molecule has 2 aromatic carbocycles. The average Bonchev–Trinajstić information content (AvgIpc) is 3.11. The Balaban J connectivity index is 1.41. The van der Waals surface area contributed by atoms with Crippen molar-refractivity contribution in [2.45, 2.75) is 6.42 Å². The molecule has 0 unspecified atom stereocenters. The number of hydrogen-bond donors (Lipinski definition) is 2. The number of amides is 1. The van der Waals surface area contributed by atoms with Crippen LogP contribution in [0.5, 0.6) is 5.75 Å². The molecule has 3 rings (SSSR count). The molecule has 0 radical (unpaired) electrons. The molecule has 0 aliphatic heterocycles. The first kappa shape index (κ1) is 17.0. The number of nitrogens with one attached hydrogen (secondary N) is 2. The molecule has 5 nitrogen and oxygen atoms in total. The Kier molecular flexibility index (Phi) is 5.69. The van der Waals surface area contributed by atoms with Gasteiger partial charge in [-0.25, -0.2) is 4.98 Å². The van der Waals surface area contributed by atoms with Crippen molar-refractivity contribution in [1.82, 2.24) is 15.3 Å². The summed E-state index contributed by atoms with van der Waals surface area (Å²) >= 11 is 5.80. The van der Waals surface area contributed by atoms with Crippen molar-refractivity contribution in [2.24, 2.45) is 0 Å². The van der Waals surface area contributed by atoms with Crippen molar-refractivity contribution in [2.75, 3.05) is 13.2 Å². The summed E-state index contributed by atoms with van der Waals surface area (Å²) in [5, 5.41) is 3.45. The zero-order valence-corrected chi connectivity index (χ0v) is 14.3. The second-order valence-electron chi connectivity index (χ2n) is 5.47. The molecule has 2 N–H and O–H groups in total. The molecule has 1 aromatic heterocycles. The monoisotopic (exact) mass is 355 g/mol. The Labute approximate surface area is 151 Å². The van der Waals surface area contributed by atoms with Crippen molar-refractivity contribution >= 4 is 17.5 Å². The molecule has 6 heteroatoms. The van der Waals surface area contributed by atoms with Crippen molar-refractivity contribution in [3.05, 3.63) is 71.5 Å². The first-order chi connectivity index (χ1) is 12.2. The van der Waals surface area contributed by atoms with E-state index in [0.717, 1.165) is 17.1 Å². The number of aromatic amines is 1. The molecule has 0 atom stereocenters. The minimum atomic E-state index is -0.169. The fourth-order valence-electron chi connectivity index (χ4n) is 2.30. The quantitative estimate of drug-likeness (QED) is 0.682. The summed E-state index contributed by atoms with van der Waals surface area (Å²) in [5.41, 5.74) is 2.01. The number of ether oxygens (including phenoxy) is 1. The van der Waals surface area contributed by atoms with Gasteiger partial charge in [-0.15, -0.1) is 0 Å². The van der Waals surface area contributed by atoms with Crippen LogP contribution in [0.3, 0.4) is 0 Å². The molecule has 3 aromatic rings. The maximum atomic E-state index is 11.8. The van der Waals surface area contributed by atoms with Crippen LogP contribution in [0.1, 0.15) is 5.69 Å². The Hall–Kier alpha value is -2.79. The topological polar surface area (TPSA) is 67.0 Å². The number of carbonyl (C=O) groups excluding carboxylic acids is 1. The Morgan fingerprint density at radius 2 is 1.88 bits per heavy atom. The number of halogens is 1. The Bertz CT molecular complexity index is 816. The maximum Gasteiger partial charge on any atom is 0.257 e. The average molecular weight is 356 g/mol. The summed E-state index contributed by atoms with van der Waals surface area (Å²) < 4.78 is 5.40. The fourth-order valence-corrected chi connectivity index (χ4v) is 2.42. The van der Waals surface area contributed by atoms with Crippen LogP contribution in [0.15, 0.2) is 60.8 Å². The van der Waals surface area contributed by atoms with Gasteiger partial charge in [0, 0.05) is 35.4 Å². The minimum absolute atomic E-state index is 0.0279. The SMILES string of the molecule is O=C(COc1ccc(Cl)cc1)NCCc1cnc(-c2ccccc2)[nH]1. The number of hydrogen-bond acceptors (Lipinski definition) is 3. The molecule has 128 valence electrons. The third-order valence-corrected chi connectivity index (χ3v) is 3.83. The van der Waals surface area contributed by atoms with E-state index in [-0.39, 0.29) is 12.5 Å². The zero-order valence-electron chi connectivity index (χ0n) is 13.5. The van der Waals surface area contributed by atoms with Gasteiger partial charge in [-0.05, 0) is 24.3 Å². The first-order valence-corrected chi connectivity index (χ1v) is 8.33.